The van der Waals surface area contributed by atoms with E-state index in [1.807, 2.05) is 30.3 Å². The van der Waals surface area contributed by atoms with E-state index >= 15 is 0 Å². The summed E-state index contributed by atoms with van der Waals surface area (Å²) < 4.78 is 4.95. The van der Waals surface area contributed by atoms with Gasteiger partial charge in [-0.15, -0.1) is 0 Å². The van der Waals surface area contributed by atoms with Gasteiger partial charge in [0.1, 0.15) is 12.6 Å². The Morgan fingerprint density at radius 3 is 2.58 bits per heavy atom. The Morgan fingerprint density at radius 1 is 1.32 bits per heavy atom. The smallest absolute Gasteiger partial charge is 0.408 e. The molecule has 3 N–H and O–H groups in total. The number of ether oxygens (including phenoxy) is 1. The van der Waals surface area contributed by atoms with Crippen LogP contribution in [-0.4, -0.2) is 36.8 Å². The van der Waals surface area contributed by atoms with Gasteiger partial charge in [-0.1, -0.05) is 30.3 Å². The molecule has 1 atom stereocenters. The van der Waals surface area contributed by atoms with Crippen molar-refractivity contribution in [2.75, 3.05) is 13.6 Å². The molecule has 0 heterocycles. The van der Waals surface area contributed by atoms with Crippen LogP contribution < -0.4 is 10.6 Å². The lowest BCUT2D eigenvalue weighted by Crippen LogP contribution is -2.42. The van der Waals surface area contributed by atoms with Gasteiger partial charge in [0.05, 0.1) is 0 Å². The number of hydrogen-bond donors (Lipinski definition) is 3. The molecule has 1 aromatic rings. The standard InChI is InChI=1S/C13H18N2O4/c1-14-8-7-11(12(16)17)15-13(18)19-9-10-5-3-2-4-6-10/h2-6,11,14H,7-9H2,1H3,(H,15,18)(H,16,17)/t11-/m0/s1. The molecule has 1 amide bonds. The summed E-state index contributed by atoms with van der Waals surface area (Å²) in [7, 11) is 1.71. The quantitative estimate of drug-likeness (QED) is 0.684. The van der Waals surface area contributed by atoms with Gasteiger partial charge in [0.15, 0.2) is 0 Å². The summed E-state index contributed by atoms with van der Waals surface area (Å²) in [6.07, 6.45) is -0.431. The molecule has 1 aromatic carbocycles. The SMILES string of the molecule is CNCC[C@H](NC(=O)OCc1ccccc1)C(=O)O. The van der Waals surface area contributed by atoms with Gasteiger partial charge < -0.3 is 20.5 Å². The average Bonchev–Trinajstić information content (AvgIpc) is 2.42. The minimum absolute atomic E-state index is 0.116. The third kappa shape index (κ3) is 5.87. The number of rotatable bonds is 7. The highest BCUT2D eigenvalue weighted by Gasteiger charge is 2.19. The van der Waals surface area contributed by atoms with Crippen molar-refractivity contribution >= 4 is 12.1 Å². The molecule has 6 nitrogen and oxygen atoms in total. The lowest BCUT2D eigenvalue weighted by molar-refractivity contribution is -0.139. The molecule has 19 heavy (non-hydrogen) atoms. The second-order valence-electron chi connectivity index (χ2n) is 3.99. The van der Waals surface area contributed by atoms with E-state index in [2.05, 4.69) is 10.6 Å². The highest BCUT2D eigenvalue weighted by atomic mass is 16.5. The molecule has 0 saturated heterocycles. The van der Waals surface area contributed by atoms with Crippen LogP contribution in [0, 0.1) is 0 Å². The molecule has 104 valence electrons. The average molecular weight is 266 g/mol. The van der Waals surface area contributed by atoms with Crippen LogP contribution in [0.1, 0.15) is 12.0 Å². The van der Waals surface area contributed by atoms with Crippen molar-refractivity contribution in [1.82, 2.24) is 10.6 Å². The molecule has 0 radical (unpaired) electrons. The Labute approximate surface area is 111 Å². The molecular weight excluding hydrogens is 248 g/mol. The van der Waals surface area contributed by atoms with E-state index in [4.69, 9.17) is 9.84 Å². The van der Waals surface area contributed by atoms with Gasteiger partial charge in [0, 0.05) is 0 Å². The highest BCUT2D eigenvalue weighted by Crippen LogP contribution is 2.01. The topological polar surface area (TPSA) is 87.7 Å². The van der Waals surface area contributed by atoms with E-state index in [-0.39, 0.29) is 6.61 Å². The Balaban J connectivity index is 2.38. The van der Waals surface area contributed by atoms with Gasteiger partial charge in [0.2, 0.25) is 0 Å². The molecule has 0 aliphatic carbocycles. The summed E-state index contributed by atoms with van der Waals surface area (Å²) in [5, 5.41) is 14.1. The number of carbonyl (C=O) groups is 2. The Kier molecular flexibility index (Phi) is 6.38. The highest BCUT2D eigenvalue weighted by molar-refractivity contribution is 5.79. The van der Waals surface area contributed by atoms with E-state index < -0.39 is 18.1 Å². The molecule has 0 aliphatic rings. The molecule has 0 aromatic heterocycles. The van der Waals surface area contributed by atoms with Crippen LogP contribution in [0.2, 0.25) is 0 Å². The monoisotopic (exact) mass is 266 g/mol. The van der Waals surface area contributed by atoms with Gasteiger partial charge in [-0.25, -0.2) is 9.59 Å². The van der Waals surface area contributed by atoms with Gasteiger partial charge in [-0.05, 0) is 25.6 Å². The summed E-state index contributed by atoms with van der Waals surface area (Å²) in [5.74, 6) is -1.08. The number of hydrogen-bond acceptors (Lipinski definition) is 4. The van der Waals surface area contributed by atoms with Crippen LogP contribution in [0.3, 0.4) is 0 Å². The van der Waals surface area contributed by atoms with Crippen molar-refractivity contribution in [3.8, 4) is 0 Å². The van der Waals surface area contributed by atoms with Gasteiger partial charge >= 0.3 is 12.1 Å². The lowest BCUT2D eigenvalue weighted by atomic mass is 10.2. The van der Waals surface area contributed by atoms with Crippen molar-refractivity contribution < 1.29 is 19.4 Å². The van der Waals surface area contributed by atoms with Crippen LogP contribution in [0.25, 0.3) is 0 Å². The first-order valence-electron chi connectivity index (χ1n) is 5.98. The summed E-state index contributed by atoms with van der Waals surface area (Å²) in [4.78, 5) is 22.4. The number of benzene rings is 1. The maximum absolute atomic E-state index is 11.5. The minimum Gasteiger partial charge on any atom is -0.480 e. The molecule has 0 bridgehead atoms. The Bertz CT molecular complexity index is 408. The van der Waals surface area contributed by atoms with E-state index in [0.717, 1.165) is 5.56 Å². The van der Waals surface area contributed by atoms with Crippen LogP contribution in [0.5, 0.6) is 0 Å². The molecule has 6 heteroatoms. The molecule has 1 rings (SSSR count). The first kappa shape index (κ1) is 15.0. The Hall–Kier alpha value is -2.08. The van der Waals surface area contributed by atoms with Crippen molar-refractivity contribution in [1.29, 1.82) is 0 Å². The zero-order chi connectivity index (χ0) is 14.1. The number of alkyl carbamates (subject to hydrolysis) is 1. The fourth-order valence-electron chi connectivity index (χ4n) is 1.45. The largest absolute Gasteiger partial charge is 0.480 e. The molecule has 0 spiro atoms. The fraction of sp³-hybridized carbons (Fsp3) is 0.385. The molecule has 0 unspecified atom stereocenters. The first-order valence-corrected chi connectivity index (χ1v) is 5.98. The number of carboxylic acid groups (broad SMARTS) is 1. The normalized spacial score (nSPS) is 11.6. The maximum atomic E-state index is 11.5. The van der Waals surface area contributed by atoms with Crippen molar-refractivity contribution in [3.63, 3.8) is 0 Å². The van der Waals surface area contributed by atoms with E-state index in [1.165, 1.54) is 0 Å². The zero-order valence-electron chi connectivity index (χ0n) is 10.8. The van der Waals surface area contributed by atoms with Gasteiger partial charge in [-0.2, -0.15) is 0 Å². The van der Waals surface area contributed by atoms with E-state index in [0.29, 0.717) is 13.0 Å². The van der Waals surface area contributed by atoms with Crippen LogP contribution in [-0.2, 0) is 16.1 Å². The molecule has 0 fully saturated rings. The van der Waals surface area contributed by atoms with Crippen LogP contribution in [0.4, 0.5) is 4.79 Å². The zero-order valence-corrected chi connectivity index (χ0v) is 10.8. The minimum atomic E-state index is -1.08. The third-order valence-corrected chi connectivity index (χ3v) is 2.49. The van der Waals surface area contributed by atoms with E-state index in [9.17, 15) is 9.59 Å². The van der Waals surface area contributed by atoms with Gasteiger partial charge in [0.25, 0.3) is 0 Å². The fourth-order valence-corrected chi connectivity index (χ4v) is 1.45. The first-order chi connectivity index (χ1) is 9.13. The molecular formula is C13H18N2O4. The number of aliphatic carboxylic acids is 1. The third-order valence-electron chi connectivity index (χ3n) is 2.49. The summed E-state index contributed by atoms with van der Waals surface area (Å²) in [5.41, 5.74) is 0.847. The second-order valence-corrected chi connectivity index (χ2v) is 3.99. The summed E-state index contributed by atoms with van der Waals surface area (Å²) in [6.45, 7) is 0.612. The lowest BCUT2D eigenvalue weighted by Gasteiger charge is -2.14. The van der Waals surface area contributed by atoms with Crippen LogP contribution in [0.15, 0.2) is 30.3 Å². The Morgan fingerprint density at radius 2 is 2.00 bits per heavy atom. The number of carbonyl (C=O) groups excluding carboxylic acids is 1. The van der Waals surface area contributed by atoms with Crippen molar-refractivity contribution in [2.45, 2.75) is 19.1 Å². The number of nitrogens with one attached hydrogen (secondary N) is 2. The number of carboxylic acids is 1. The summed E-state index contributed by atoms with van der Waals surface area (Å²) in [6, 6.07) is 8.23. The van der Waals surface area contributed by atoms with Crippen molar-refractivity contribution in [3.05, 3.63) is 35.9 Å². The predicted molar refractivity (Wildman–Crippen MR) is 69.7 cm³/mol. The second kappa shape index (κ2) is 8.10. The van der Waals surface area contributed by atoms with E-state index in [1.54, 1.807) is 7.05 Å². The van der Waals surface area contributed by atoms with Crippen molar-refractivity contribution in [2.24, 2.45) is 0 Å². The van der Waals surface area contributed by atoms with Gasteiger partial charge in [-0.3, -0.25) is 0 Å². The predicted octanol–water partition coefficient (Wildman–Crippen LogP) is 0.975. The molecule has 0 saturated carbocycles. The number of amides is 1. The maximum Gasteiger partial charge on any atom is 0.408 e. The molecule has 0 aliphatic heterocycles. The van der Waals surface area contributed by atoms with Crippen LogP contribution >= 0.6 is 0 Å². The summed E-state index contributed by atoms with van der Waals surface area (Å²) >= 11 is 0.